The van der Waals surface area contributed by atoms with Gasteiger partial charge < -0.3 is 5.32 Å². The van der Waals surface area contributed by atoms with Crippen molar-refractivity contribution in [3.05, 3.63) is 47.5 Å². The quantitative estimate of drug-likeness (QED) is 0.798. The lowest BCUT2D eigenvalue weighted by molar-refractivity contribution is 0.501. The standard InChI is InChI=1S/C13H14F2N2/c1-3-4-9(2)17-8-11-12(14)5-10(7-16)6-13(11)15/h3,5-6,9,17H,1,4,8H2,2H3. The first-order valence-electron chi connectivity index (χ1n) is 5.30. The zero-order valence-electron chi connectivity index (χ0n) is 9.63. The van der Waals surface area contributed by atoms with Crippen LogP contribution in [0.2, 0.25) is 0 Å². The lowest BCUT2D eigenvalue weighted by atomic mass is 10.1. The Morgan fingerprint density at radius 1 is 1.47 bits per heavy atom. The molecule has 1 rings (SSSR count). The van der Waals surface area contributed by atoms with Gasteiger partial charge in [-0.05, 0) is 25.5 Å². The number of nitrogens with zero attached hydrogens (tertiary/aromatic N) is 1. The van der Waals surface area contributed by atoms with Crippen molar-refractivity contribution in [2.75, 3.05) is 0 Å². The molecule has 1 atom stereocenters. The fraction of sp³-hybridized carbons (Fsp3) is 0.308. The van der Waals surface area contributed by atoms with Crippen molar-refractivity contribution in [3.63, 3.8) is 0 Å². The summed E-state index contributed by atoms with van der Waals surface area (Å²) in [6, 6.07) is 3.89. The van der Waals surface area contributed by atoms with E-state index < -0.39 is 11.6 Å². The van der Waals surface area contributed by atoms with Gasteiger partial charge in [-0.25, -0.2) is 8.78 Å². The van der Waals surface area contributed by atoms with Crippen molar-refractivity contribution in [2.24, 2.45) is 0 Å². The third-order valence-electron chi connectivity index (χ3n) is 2.42. The number of benzene rings is 1. The molecule has 1 aromatic rings. The normalized spacial score (nSPS) is 11.9. The number of hydrogen-bond acceptors (Lipinski definition) is 2. The van der Waals surface area contributed by atoms with Gasteiger partial charge in [-0.1, -0.05) is 6.08 Å². The Bertz CT molecular complexity index is 426. The van der Waals surface area contributed by atoms with Gasteiger partial charge in [0, 0.05) is 18.2 Å². The molecule has 0 radical (unpaired) electrons. The van der Waals surface area contributed by atoms with E-state index in [9.17, 15) is 8.78 Å². The summed E-state index contributed by atoms with van der Waals surface area (Å²) >= 11 is 0. The zero-order valence-corrected chi connectivity index (χ0v) is 9.63. The van der Waals surface area contributed by atoms with E-state index in [1.165, 1.54) is 0 Å². The number of nitrogens with one attached hydrogen (secondary N) is 1. The van der Waals surface area contributed by atoms with Crippen molar-refractivity contribution in [2.45, 2.75) is 25.9 Å². The molecule has 0 amide bonds. The third kappa shape index (κ3) is 3.65. The molecule has 0 aliphatic heterocycles. The highest BCUT2D eigenvalue weighted by Crippen LogP contribution is 2.15. The molecule has 0 fully saturated rings. The van der Waals surface area contributed by atoms with Gasteiger partial charge in [0.05, 0.1) is 11.6 Å². The predicted molar refractivity (Wildman–Crippen MR) is 62.2 cm³/mol. The zero-order chi connectivity index (χ0) is 12.8. The molecule has 1 unspecified atom stereocenters. The van der Waals surface area contributed by atoms with Crippen LogP contribution in [-0.4, -0.2) is 6.04 Å². The van der Waals surface area contributed by atoms with Gasteiger partial charge in [-0.15, -0.1) is 6.58 Å². The summed E-state index contributed by atoms with van der Waals surface area (Å²) in [6.07, 6.45) is 2.46. The van der Waals surface area contributed by atoms with Crippen molar-refractivity contribution in [1.82, 2.24) is 5.32 Å². The molecule has 1 N–H and O–H groups in total. The molecule has 1 aromatic carbocycles. The maximum absolute atomic E-state index is 13.5. The van der Waals surface area contributed by atoms with Crippen LogP contribution < -0.4 is 5.32 Å². The number of hydrogen-bond donors (Lipinski definition) is 1. The minimum atomic E-state index is -0.695. The highest BCUT2D eigenvalue weighted by molar-refractivity contribution is 5.34. The molecule has 0 aliphatic carbocycles. The Kier molecular flexibility index (Phi) is 4.80. The summed E-state index contributed by atoms with van der Waals surface area (Å²) in [4.78, 5) is 0. The van der Waals surface area contributed by atoms with Crippen molar-refractivity contribution in [1.29, 1.82) is 5.26 Å². The monoisotopic (exact) mass is 236 g/mol. The second-order valence-electron chi connectivity index (χ2n) is 3.84. The molecular formula is C13H14F2N2. The summed E-state index contributed by atoms with van der Waals surface area (Å²) in [6.45, 7) is 5.59. The Balaban J connectivity index is 2.78. The summed E-state index contributed by atoms with van der Waals surface area (Å²) in [5.41, 5.74) is -0.0530. The van der Waals surface area contributed by atoms with Crippen LogP contribution in [0.1, 0.15) is 24.5 Å². The van der Waals surface area contributed by atoms with Crippen molar-refractivity contribution < 1.29 is 8.78 Å². The first-order valence-corrected chi connectivity index (χ1v) is 5.30. The van der Waals surface area contributed by atoms with Crippen LogP contribution in [0.25, 0.3) is 0 Å². The van der Waals surface area contributed by atoms with Gasteiger partial charge in [0.25, 0.3) is 0 Å². The second-order valence-corrected chi connectivity index (χ2v) is 3.84. The molecule has 0 saturated heterocycles. The second kappa shape index (κ2) is 6.12. The molecule has 0 heterocycles. The van der Waals surface area contributed by atoms with Crippen molar-refractivity contribution in [3.8, 4) is 6.07 Å². The molecule has 2 nitrogen and oxygen atoms in total. The summed E-state index contributed by atoms with van der Waals surface area (Å²) in [5.74, 6) is -1.39. The van der Waals surface area contributed by atoms with Gasteiger partial charge in [0.15, 0.2) is 0 Å². The van der Waals surface area contributed by atoms with E-state index in [2.05, 4.69) is 11.9 Å². The van der Waals surface area contributed by atoms with Crippen molar-refractivity contribution >= 4 is 0 Å². The SMILES string of the molecule is C=CCC(C)NCc1c(F)cc(C#N)cc1F. The smallest absolute Gasteiger partial charge is 0.131 e. The third-order valence-corrected chi connectivity index (χ3v) is 2.42. The van der Waals surface area contributed by atoms with Crippen LogP contribution in [-0.2, 0) is 6.54 Å². The number of halogens is 2. The fourth-order valence-corrected chi connectivity index (χ4v) is 1.45. The first kappa shape index (κ1) is 13.3. The molecule has 0 spiro atoms. The van der Waals surface area contributed by atoms with Gasteiger partial charge in [0.2, 0.25) is 0 Å². The largest absolute Gasteiger partial charge is 0.310 e. The van der Waals surface area contributed by atoms with E-state index in [1.807, 2.05) is 6.92 Å². The van der Waals surface area contributed by atoms with E-state index in [1.54, 1.807) is 12.1 Å². The minimum absolute atomic E-state index is 0.0112. The molecule has 0 saturated carbocycles. The molecule has 0 aliphatic rings. The lowest BCUT2D eigenvalue weighted by Gasteiger charge is -2.12. The van der Waals surface area contributed by atoms with Crippen LogP contribution in [0.3, 0.4) is 0 Å². The topological polar surface area (TPSA) is 35.8 Å². The molecule has 17 heavy (non-hydrogen) atoms. The van der Waals surface area contributed by atoms with Gasteiger partial charge in [-0.2, -0.15) is 5.26 Å². The van der Waals surface area contributed by atoms with E-state index >= 15 is 0 Å². The molecular weight excluding hydrogens is 222 g/mol. The Hall–Kier alpha value is -1.73. The van der Waals surface area contributed by atoms with Crippen LogP contribution >= 0.6 is 0 Å². The molecule has 4 heteroatoms. The Morgan fingerprint density at radius 3 is 2.53 bits per heavy atom. The van der Waals surface area contributed by atoms with E-state index in [4.69, 9.17) is 5.26 Å². The summed E-state index contributed by atoms with van der Waals surface area (Å²) in [5, 5.41) is 11.5. The predicted octanol–water partition coefficient (Wildman–Crippen LogP) is 2.89. The maximum atomic E-state index is 13.5. The summed E-state index contributed by atoms with van der Waals surface area (Å²) < 4.78 is 27.0. The first-order chi connectivity index (χ1) is 8.08. The molecule has 90 valence electrons. The average molecular weight is 236 g/mol. The highest BCUT2D eigenvalue weighted by Gasteiger charge is 2.11. The highest BCUT2D eigenvalue weighted by atomic mass is 19.1. The van der Waals surface area contributed by atoms with E-state index in [0.717, 1.165) is 18.6 Å². The average Bonchev–Trinajstić information content (AvgIpc) is 2.28. The van der Waals surface area contributed by atoms with Crippen LogP contribution in [0, 0.1) is 23.0 Å². The van der Waals surface area contributed by atoms with Crippen LogP contribution in [0.15, 0.2) is 24.8 Å². The molecule has 0 bridgehead atoms. The minimum Gasteiger partial charge on any atom is -0.310 e. The van der Waals surface area contributed by atoms with Crippen LogP contribution in [0.5, 0.6) is 0 Å². The van der Waals surface area contributed by atoms with E-state index in [-0.39, 0.29) is 23.7 Å². The van der Waals surface area contributed by atoms with Gasteiger partial charge in [0.1, 0.15) is 11.6 Å². The number of nitriles is 1. The molecule has 0 aromatic heterocycles. The fourth-order valence-electron chi connectivity index (χ4n) is 1.45. The Morgan fingerprint density at radius 2 is 2.06 bits per heavy atom. The Labute approximate surface area is 99.6 Å². The lowest BCUT2D eigenvalue weighted by Crippen LogP contribution is -2.25. The summed E-state index contributed by atoms with van der Waals surface area (Å²) in [7, 11) is 0. The van der Waals surface area contributed by atoms with Crippen LogP contribution in [0.4, 0.5) is 8.78 Å². The van der Waals surface area contributed by atoms with Gasteiger partial charge in [-0.3, -0.25) is 0 Å². The number of rotatable bonds is 5. The van der Waals surface area contributed by atoms with Gasteiger partial charge >= 0.3 is 0 Å². The maximum Gasteiger partial charge on any atom is 0.131 e. The van der Waals surface area contributed by atoms with E-state index in [0.29, 0.717) is 0 Å².